The fraction of sp³-hybridized carbons (Fsp3) is 0.750. The minimum atomic E-state index is -0.373. The summed E-state index contributed by atoms with van der Waals surface area (Å²) in [5.41, 5.74) is 0. The van der Waals surface area contributed by atoms with Crippen LogP contribution in [0.1, 0.15) is 6.92 Å². The van der Waals surface area contributed by atoms with E-state index in [4.69, 9.17) is 4.74 Å². The minimum Gasteiger partial charge on any atom is -0.383 e. The highest BCUT2D eigenvalue weighted by atomic mass is 16.5. The van der Waals surface area contributed by atoms with E-state index in [-0.39, 0.29) is 17.9 Å². The van der Waals surface area contributed by atoms with E-state index in [0.29, 0.717) is 19.7 Å². The maximum absolute atomic E-state index is 11.5. The number of methoxy groups -OCH3 is 1. The van der Waals surface area contributed by atoms with Gasteiger partial charge in [0.25, 0.3) is 0 Å². The van der Waals surface area contributed by atoms with E-state index in [2.05, 4.69) is 5.32 Å². The van der Waals surface area contributed by atoms with Crippen LogP contribution < -0.4 is 5.32 Å². The van der Waals surface area contributed by atoms with Crippen LogP contribution in [0.2, 0.25) is 0 Å². The van der Waals surface area contributed by atoms with Crippen molar-refractivity contribution in [3.05, 3.63) is 0 Å². The average Bonchev–Trinajstić information content (AvgIpc) is 2.08. The standard InChI is InChI=1S/C8H14N2O3/c1-6(11)10-4-3-9-7(5-13-2)8(10)12/h7,9H,3-5H2,1-2H3/t7-/m0/s1. The first kappa shape index (κ1) is 10.1. The fourth-order valence-electron chi connectivity index (χ4n) is 1.35. The zero-order valence-corrected chi connectivity index (χ0v) is 7.87. The van der Waals surface area contributed by atoms with Gasteiger partial charge in [0, 0.05) is 27.1 Å². The Bertz CT molecular complexity index is 215. The molecule has 0 radical (unpaired) electrons. The Morgan fingerprint density at radius 1 is 1.77 bits per heavy atom. The van der Waals surface area contributed by atoms with Crippen LogP contribution in [0.15, 0.2) is 0 Å². The summed E-state index contributed by atoms with van der Waals surface area (Å²) in [4.78, 5) is 23.8. The molecule has 0 aromatic carbocycles. The van der Waals surface area contributed by atoms with E-state index < -0.39 is 0 Å². The summed E-state index contributed by atoms with van der Waals surface area (Å²) in [6.45, 7) is 2.80. The number of hydrogen-bond donors (Lipinski definition) is 1. The van der Waals surface area contributed by atoms with E-state index in [1.807, 2.05) is 0 Å². The van der Waals surface area contributed by atoms with Crippen LogP contribution >= 0.6 is 0 Å². The summed E-state index contributed by atoms with van der Waals surface area (Å²) >= 11 is 0. The molecule has 0 saturated carbocycles. The van der Waals surface area contributed by atoms with E-state index in [9.17, 15) is 9.59 Å². The van der Waals surface area contributed by atoms with Crippen molar-refractivity contribution in [2.24, 2.45) is 0 Å². The summed E-state index contributed by atoms with van der Waals surface area (Å²) in [5.74, 6) is -0.395. The monoisotopic (exact) mass is 186 g/mol. The predicted molar refractivity (Wildman–Crippen MR) is 46.1 cm³/mol. The van der Waals surface area contributed by atoms with Gasteiger partial charge in [0.15, 0.2) is 0 Å². The van der Waals surface area contributed by atoms with Gasteiger partial charge in [0.2, 0.25) is 11.8 Å². The first-order chi connectivity index (χ1) is 6.16. The van der Waals surface area contributed by atoms with Crippen LogP contribution in [0.3, 0.4) is 0 Å². The molecule has 5 nitrogen and oxygen atoms in total. The van der Waals surface area contributed by atoms with Crippen molar-refractivity contribution in [3.8, 4) is 0 Å². The molecule has 13 heavy (non-hydrogen) atoms. The molecule has 1 heterocycles. The van der Waals surface area contributed by atoms with Gasteiger partial charge in [-0.05, 0) is 0 Å². The lowest BCUT2D eigenvalue weighted by Gasteiger charge is -2.30. The molecule has 1 atom stereocenters. The van der Waals surface area contributed by atoms with Gasteiger partial charge in [0.05, 0.1) is 6.61 Å². The molecule has 0 spiro atoms. The van der Waals surface area contributed by atoms with Crippen molar-refractivity contribution in [1.82, 2.24) is 10.2 Å². The molecule has 0 aromatic rings. The lowest BCUT2D eigenvalue weighted by atomic mass is 10.2. The average molecular weight is 186 g/mol. The SMILES string of the molecule is COC[C@@H]1NCCN(C(C)=O)C1=O. The van der Waals surface area contributed by atoms with Gasteiger partial charge < -0.3 is 10.1 Å². The Morgan fingerprint density at radius 3 is 3.00 bits per heavy atom. The smallest absolute Gasteiger partial charge is 0.248 e. The first-order valence-corrected chi connectivity index (χ1v) is 4.21. The van der Waals surface area contributed by atoms with Gasteiger partial charge in [-0.3, -0.25) is 14.5 Å². The third-order valence-corrected chi connectivity index (χ3v) is 2.00. The largest absolute Gasteiger partial charge is 0.383 e. The quantitative estimate of drug-likeness (QED) is 0.599. The van der Waals surface area contributed by atoms with Crippen LogP contribution in [0.25, 0.3) is 0 Å². The highest BCUT2D eigenvalue weighted by Gasteiger charge is 2.30. The number of rotatable bonds is 2. The molecule has 2 amide bonds. The van der Waals surface area contributed by atoms with Crippen molar-refractivity contribution in [2.45, 2.75) is 13.0 Å². The number of amides is 2. The van der Waals surface area contributed by atoms with Gasteiger partial charge >= 0.3 is 0 Å². The lowest BCUT2D eigenvalue weighted by molar-refractivity contribution is -0.147. The molecule has 1 rings (SSSR count). The normalized spacial score (nSPS) is 23.4. The van der Waals surface area contributed by atoms with Crippen molar-refractivity contribution in [2.75, 3.05) is 26.8 Å². The Morgan fingerprint density at radius 2 is 2.46 bits per heavy atom. The molecule has 5 heteroatoms. The van der Waals surface area contributed by atoms with Crippen LogP contribution in [0, 0.1) is 0 Å². The van der Waals surface area contributed by atoms with Gasteiger partial charge in [0.1, 0.15) is 6.04 Å². The zero-order valence-electron chi connectivity index (χ0n) is 7.87. The lowest BCUT2D eigenvalue weighted by Crippen LogP contribution is -2.57. The van der Waals surface area contributed by atoms with E-state index in [1.54, 1.807) is 0 Å². The van der Waals surface area contributed by atoms with Crippen molar-refractivity contribution >= 4 is 11.8 Å². The molecule has 0 bridgehead atoms. The summed E-state index contributed by atoms with van der Waals surface area (Å²) in [6.07, 6.45) is 0. The van der Waals surface area contributed by atoms with Crippen LogP contribution in [-0.4, -0.2) is 49.6 Å². The molecular formula is C8H14N2O3. The number of ether oxygens (including phenoxy) is 1. The molecule has 1 saturated heterocycles. The zero-order chi connectivity index (χ0) is 9.84. The number of nitrogens with zero attached hydrogens (tertiary/aromatic N) is 1. The first-order valence-electron chi connectivity index (χ1n) is 4.21. The maximum Gasteiger partial charge on any atom is 0.248 e. The fourth-order valence-corrected chi connectivity index (χ4v) is 1.35. The Balaban J connectivity index is 2.60. The van der Waals surface area contributed by atoms with Crippen molar-refractivity contribution in [1.29, 1.82) is 0 Å². The number of nitrogens with one attached hydrogen (secondary N) is 1. The molecule has 1 fully saturated rings. The van der Waals surface area contributed by atoms with Gasteiger partial charge in [-0.25, -0.2) is 0 Å². The number of carbonyl (C=O) groups excluding carboxylic acids is 2. The number of imide groups is 1. The Hall–Kier alpha value is -0.940. The Kier molecular flexibility index (Phi) is 3.39. The summed E-state index contributed by atoms with van der Waals surface area (Å²) in [6, 6.07) is -0.373. The Labute approximate surface area is 77.0 Å². The van der Waals surface area contributed by atoms with E-state index >= 15 is 0 Å². The van der Waals surface area contributed by atoms with E-state index in [0.717, 1.165) is 0 Å². The van der Waals surface area contributed by atoms with Crippen molar-refractivity contribution in [3.63, 3.8) is 0 Å². The molecule has 74 valence electrons. The highest BCUT2D eigenvalue weighted by molar-refractivity contribution is 5.97. The van der Waals surface area contributed by atoms with Crippen LogP contribution in [0.4, 0.5) is 0 Å². The molecule has 1 aliphatic heterocycles. The predicted octanol–water partition coefficient (Wildman–Crippen LogP) is -1.02. The second kappa shape index (κ2) is 4.34. The second-order valence-corrected chi connectivity index (χ2v) is 2.97. The summed E-state index contributed by atoms with van der Waals surface area (Å²) < 4.78 is 4.86. The number of piperazine rings is 1. The van der Waals surface area contributed by atoms with Crippen molar-refractivity contribution < 1.29 is 14.3 Å². The number of hydrogen-bond acceptors (Lipinski definition) is 4. The second-order valence-electron chi connectivity index (χ2n) is 2.97. The van der Waals surface area contributed by atoms with Crippen LogP contribution in [0.5, 0.6) is 0 Å². The highest BCUT2D eigenvalue weighted by Crippen LogP contribution is 2.01. The summed E-state index contributed by atoms with van der Waals surface area (Å²) in [5, 5.41) is 2.99. The topological polar surface area (TPSA) is 58.6 Å². The summed E-state index contributed by atoms with van der Waals surface area (Å²) in [7, 11) is 1.53. The molecule has 0 unspecified atom stereocenters. The van der Waals surface area contributed by atoms with Gasteiger partial charge in [-0.15, -0.1) is 0 Å². The van der Waals surface area contributed by atoms with Gasteiger partial charge in [-0.2, -0.15) is 0 Å². The minimum absolute atomic E-state index is 0.194. The molecule has 0 aliphatic carbocycles. The van der Waals surface area contributed by atoms with Crippen LogP contribution in [-0.2, 0) is 14.3 Å². The van der Waals surface area contributed by atoms with E-state index in [1.165, 1.54) is 18.9 Å². The maximum atomic E-state index is 11.5. The van der Waals surface area contributed by atoms with Gasteiger partial charge in [-0.1, -0.05) is 0 Å². The molecule has 1 aliphatic rings. The number of carbonyl (C=O) groups is 2. The third-order valence-electron chi connectivity index (χ3n) is 2.00. The molecular weight excluding hydrogens is 172 g/mol. The molecule has 0 aromatic heterocycles. The molecule has 1 N–H and O–H groups in total. The third kappa shape index (κ3) is 2.26.